The van der Waals surface area contributed by atoms with E-state index in [4.69, 9.17) is 0 Å². The van der Waals surface area contributed by atoms with Crippen LogP contribution in [-0.2, 0) is 0 Å². The van der Waals surface area contributed by atoms with Gasteiger partial charge >= 0.3 is 0 Å². The average molecular weight is 228 g/mol. The molecule has 1 atom stereocenters. The van der Waals surface area contributed by atoms with Crippen LogP contribution in [-0.4, -0.2) is 4.55 Å². The molecule has 16 heavy (non-hydrogen) atoms. The second-order valence-corrected chi connectivity index (χ2v) is 5.38. The minimum absolute atomic E-state index is 0.783. The standard InChI is InChI=1S/C14H12OS/c1-10-5-4-7-12-9-11-6-2-3-8-13(11)16(15)14(10)12/h2-9,15H,1H3. The molecule has 2 aromatic carbocycles. The van der Waals surface area contributed by atoms with Crippen LogP contribution < -0.4 is 5.22 Å². The first-order chi connectivity index (χ1) is 7.77. The van der Waals surface area contributed by atoms with Crippen molar-refractivity contribution >= 4 is 16.8 Å². The maximum absolute atomic E-state index is 10.4. The number of aryl methyl sites for hydroxylation is 1. The molecule has 0 aromatic heterocycles. The third-order valence-electron chi connectivity index (χ3n) is 2.87. The first-order valence-electron chi connectivity index (χ1n) is 5.24. The van der Waals surface area contributed by atoms with Crippen LogP contribution in [0, 0.1) is 11.4 Å². The lowest BCUT2D eigenvalue weighted by Crippen LogP contribution is -2.08. The predicted octanol–water partition coefficient (Wildman–Crippen LogP) is 3.19. The van der Waals surface area contributed by atoms with Gasteiger partial charge in [0.1, 0.15) is 0 Å². The lowest BCUT2D eigenvalue weighted by Gasteiger charge is -2.12. The fraction of sp³-hybridized carbons (Fsp3) is 0.0714. The Bertz CT molecular complexity index is 686. The topological polar surface area (TPSA) is 20.2 Å². The van der Waals surface area contributed by atoms with Gasteiger partial charge in [-0.25, -0.2) is 0 Å². The van der Waals surface area contributed by atoms with Crippen molar-refractivity contribution in [2.75, 3.05) is 0 Å². The molecule has 3 rings (SSSR count). The van der Waals surface area contributed by atoms with Gasteiger partial charge in [0.25, 0.3) is 0 Å². The van der Waals surface area contributed by atoms with Crippen molar-refractivity contribution in [1.82, 2.24) is 0 Å². The highest BCUT2D eigenvalue weighted by Crippen LogP contribution is 2.32. The molecule has 0 saturated heterocycles. The van der Waals surface area contributed by atoms with Crippen molar-refractivity contribution in [2.24, 2.45) is 0 Å². The Hall–Kier alpha value is -1.38. The maximum atomic E-state index is 10.4. The second-order valence-electron chi connectivity index (χ2n) is 3.96. The van der Waals surface area contributed by atoms with E-state index in [1.54, 1.807) is 0 Å². The third-order valence-corrected chi connectivity index (χ3v) is 4.61. The van der Waals surface area contributed by atoms with Crippen LogP contribution >= 0.6 is 10.8 Å². The summed E-state index contributed by atoms with van der Waals surface area (Å²) in [4.78, 5) is 1.03. The Balaban J connectivity index is 2.53. The zero-order chi connectivity index (χ0) is 11.1. The summed E-state index contributed by atoms with van der Waals surface area (Å²) in [5, 5.41) is 1.14. The van der Waals surface area contributed by atoms with Gasteiger partial charge in [-0.3, -0.25) is 0 Å². The summed E-state index contributed by atoms with van der Waals surface area (Å²) in [6.45, 7) is 2.05. The zero-order valence-electron chi connectivity index (χ0n) is 8.97. The smallest absolute Gasteiger partial charge is 0.0378 e. The Morgan fingerprint density at radius 1 is 1.00 bits per heavy atom. The first-order valence-corrected chi connectivity index (χ1v) is 6.42. The highest BCUT2D eigenvalue weighted by molar-refractivity contribution is 8.04. The summed E-state index contributed by atoms with van der Waals surface area (Å²) < 4.78 is 11.5. The fourth-order valence-corrected chi connectivity index (χ4v) is 3.61. The van der Waals surface area contributed by atoms with Crippen molar-refractivity contribution in [2.45, 2.75) is 11.8 Å². The van der Waals surface area contributed by atoms with Crippen molar-refractivity contribution in [3.8, 4) is 0 Å². The number of fused-ring (bicyclic) bond motifs is 2. The molecular weight excluding hydrogens is 216 g/mol. The highest BCUT2D eigenvalue weighted by Gasteiger charge is 2.09. The van der Waals surface area contributed by atoms with Gasteiger partial charge < -0.3 is 4.55 Å². The van der Waals surface area contributed by atoms with Crippen LogP contribution in [0.1, 0.15) is 11.1 Å². The molecule has 0 fully saturated rings. The molecule has 0 amide bonds. The summed E-state index contributed by atoms with van der Waals surface area (Å²) in [7, 11) is -0.783. The van der Waals surface area contributed by atoms with Crippen LogP contribution in [0.4, 0.5) is 0 Å². The summed E-state index contributed by atoms with van der Waals surface area (Å²) in [5.74, 6) is 0. The SMILES string of the molecule is Cc1cccc2c1=S(O)c1ccccc1C=2. The van der Waals surface area contributed by atoms with Gasteiger partial charge in [-0.05, 0) is 46.2 Å². The molecule has 0 saturated carbocycles. The molecule has 1 aliphatic rings. The molecule has 1 nitrogen and oxygen atoms in total. The summed E-state index contributed by atoms with van der Waals surface area (Å²) in [5.41, 5.74) is 2.29. The molecule has 1 unspecified atom stereocenters. The monoisotopic (exact) mass is 228 g/mol. The van der Waals surface area contributed by atoms with Crippen LogP contribution in [0.25, 0.3) is 6.08 Å². The van der Waals surface area contributed by atoms with Gasteiger partial charge in [0, 0.05) is 9.41 Å². The van der Waals surface area contributed by atoms with Crippen molar-refractivity contribution in [3.05, 3.63) is 63.3 Å². The average Bonchev–Trinajstić information content (AvgIpc) is 2.29. The van der Waals surface area contributed by atoms with E-state index in [1.807, 2.05) is 24.3 Å². The molecule has 1 N–H and O–H groups in total. The van der Waals surface area contributed by atoms with E-state index in [2.05, 4.69) is 31.2 Å². The van der Waals surface area contributed by atoms with E-state index < -0.39 is 10.8 Å². The van der Waals surface area contributed by atoms with Gasteiger partial charge in [0.05, 0.1) is 0 Å². The van der Waals surface area contributed by atoms with Gasteiger partial charge in [-0.2, -0.15) is 0 Å². The second kappa shape index (κ2) is 3.58. The molecule has 1 aliphatic heterocycles. The van der Waals surface area contributed by atoms with E-state index in [9.17, 15) is 4.55 Å². The van der Waals surface area contributed by atoms with Crippen LogP contribution in [0.3, 0.4) is 0 Å². The largest absolute Gasteiger partial charge is 0.332 e. The number of rotatable bonds is 0. The summed E-state index contributed by atoms with van der Waals surface area (Å²) >= 11 is 0. The summed E-state index contributed by atoms with van der Waals surface area (Å²) in [6.07, 6.45) is 2.15. The highest BCUT2D eigenvalue weighted by atomic mass is 32.2. The lowest BCUT2D eigenvalue weighted by atomic mass is 10.1. The van der Waals surface area contributed by atoms with Crippen LogP contribution in [0.15, 0.2) is 47.4 Å². The van der Waals surface area contributed by atoms with Gasteiger partial charge in [0.2, 0.25) is 0 Å². The Morgan fingerprint density at radius 2 is 1.81 bits per heavy atom. The van der Waals surface area contributed by atoms with Crippen molar-refractivity contribution < 1.29 is 4.55 Å². The molecule has 2 heteroatoms. The number of hydrogen-bond acceptors (Lipinski definition) is 1. The van der Waals surface area contributed by atoms with E-state index in [0.29, 0.717) is 0 Å². The van der Waals surface area contributed by atoms with Crippen LogP contribution in [0.2, 0.25) is 0 Å². The molecule has 80 valence electrons. The summed E-state index contributed by atoms with van der Waals surface area (Å²) in [6, 6.07) is 14.2. The molecule has 0 bridgehead atoms. The minimum Gasteiger partial charge on any atom is -0.332 e. The van der Waals surface area contributed by atoms with Crippen molar-refractivity contribution in [3.63, 3.8) is 0 Å². The number of benzene rings is 2. The minimum atomic E-state index is -0.783. The predicted molar refractivity (Wildman–Crippen MR) is 68.1 cm³/mol. The van der Waals surface area contributed by atoms with E-state index >= 15 is 0 Å². The van der Waals surface area contributed by atoms with Crippen LogP contribution in [0.5, 0.6) is 0 Å². The first kappa shape index (κ1) is 9.82. The number of hydrogen-bond donors (Lipinski definition) is 1. The van der Waals surface area contributed by atoms with E-state index in [-0.39, 0.29) is 0 Å². The zero-order valence-corrected chi connectivity index (χ0v) is 9.79. The fourth-order valence-electron chi connectivity index (χ4n) is 2.11. The van der Waals surface area contributed by atoms with Gasteiger partial charge in [-0.15, -0.1) is 0 Å². The van der Waals surface area contributed by atoms with Gasteiger partial charge in [0.15, 0.2) is 0 Å². The van der Waals surface area contributed by atoms with E-state index in [0.717, 1.165) is 25.8 Å². The Kier molecular flexibility index (Phi) is 2.20. The van der Waals surface area contributed by atoms with Gasteiger partial charge in [-0.1, -0.05) is 36.4 Å². The molecule has 0 spiro atoms. The maximum Gasteiger partial charge on any atom is 0.0378 e. The normalized spacial score (nSPS) is 17.2. The quantitative estimate of drug-likeness (QED) is 0.687. The van der Waals surface area contributed by atoms with Crippen molar-refractivity contribution in [1.29, 1.82) is 0 Å². The molecule has 2 aromatic rings. The Morgan fingerprint density at radius 3 is 2.69 bits per heavy atom. The molecule has 1 heterocycles. The Labute approximate surface area is 96.8 Å². The molecule has 0 aliphatic carbocycles. The third kappa shape index (κ3) is 1.34. The molecule has 0 radical (unpaired) electrons. The van der Waals surface area contributed by atoms with E-state index in [1.165, 1.54) is 0 Å². The molecular formula is C14H12OS. The lowest BCUT2D eigenvalue weighted by molar-refractivity contribution is 0.656.